The number of rotatable bonds is 7. The fraction of sp³-hybridized carbons (Fsp3) is 0.462. The molecule has 0 fully saturated rings. The summed E-state index contributed by atoms with van der Waals surface area (Å²) in [5, 5.41) is 7.42. The first kappa shape index (κ1) is 15.8. The maximum Gasteiger partial charge on any atom is 0.130 e. The van der Waals surface area contributed by atoms with Gasteiger partial charge in [-0.15, -0.1) is 12.4 Å². The van der Waals surface area contributed by atoms with E-state index in [1.807, 2.05) is 24.3 Å². The quantitative estimate of drug-likeness (QED) is 0.447. The number of nitrogens with one attached hydrogen (secondary N) is 1. The first-order chi connectivity index (χ1) is 7.75. The van der Waals surface area contributed by atoms with Gasteiger partial charge < -0.3 is 10.5 Å². The number of benzene rings is 1. The van der Waals surface area contributed by atoms with E-state index in [1.54, 1.807) is 0 Å². The minimum atomic E-state index is 0. The summed E-state index contributed by atoms with van der Waals surface area (Å²) in [5.74, 6) is 0.774. The molecule has 0 radical (unpaired) electrons. The molecular formula is C13H21ClN2O. The van der Waals surface area contributed by atoms with E-state index in [9.17, 15) is 0 Å². The zero-order valence-corrected chi connectivity index (χ0v) is 11.1. The van der Waals surface area contributed by atoms with Crippen LogP contribution in [0.3, 0.4) is 0 Å². The summed E-state index contributed by atoms with van der Waals surface area (Å²) in [7, 11) is 0. The van der Waals surface area contributed by atoms with Crippen molar-refractivity contribution in [1.29, 1.82) is 5.41 Å². The van der Waals surface area contributed by atoms with E-state index in [1.165, 1.54) is 19.3 Å². The lowest BCUT2D eigenvalue weighted by Crippen LogP contribution is -2.13. The maximum atomic E-state index is 7.42. The van der Waals surface area contributed by atoms with E-state index in [0.29, 0.717) is 17.9 Å². The van der Waals surface area contributed by atoms with E-state index in [2.05, 4.69) is 6.92 Å². The third-order valence-corrected chi connectivity index (χ3v) is 2.43. The van der Waals surface area contributed by atoms with Crippen molar-refractivity contribution in [3.63, 3.8) is 0 Å². The van der Waals surface area contributed by atoms with Crippen molar-refractivity contribution >= 4 is 18.2 Å². The minimum Gasteiger partial charge on any atom is -0.493 e. The van der Waals surface area contributed by atoms with Gasteiger partial charge in [-0.05, 0) is 18.6 Å². The fourth-order valence-electron chi connectivity index (χ4n) is 1.53. The van der Waals surface area contributed by atoms with Crippen molar-refractivity contribution in [3.8, 4) is 5.75 Å². The molecule has 0 unspecified atom stereocenters. The summed E-state index contributed by atoms with van der Waals surface area (Å²) >= 11 is 0. The number of nitrogen functional groups attached to an aromatic ring is 1. The van der Waals surface area contributed by atoms with Crippen molar-refractivity contribution in [1.82, 2.24) is 0 Å². The monoisotopic (exact) mass is 256 g/mol. The largest absolute Gasteiger partial charge is 0.493 e. The van der Waals surface area contributed by atoms with Crippen LogP contribution in [0.4, 0.5) is 0 Å². The Morgan fingerprint density at radius 3 is 2.59 bits per heavy atom. The van der Waals surface area contributed by atoms with Crippen LogP contribution in [-0.4, -0.2) is 12.4 Å². The number of ether oxygens (including phenoxy) is 1. The van der Waals surface area contributed by atoms with Gasteiger partial charge in [0.15, 0.2) is 0 Å². The van der Waals surface area contributed by atoms with Crippen LogP contribution >= 0.6 is 12.4 Å². The molecule has 1 aromatic carbocycles. The first-order valence-electron chi connectivity index (χ1n) is 5.82. The van der Waals surface area contributed by atoms with Crippen LogP contribution < -0.4 is 10.5 Å². The van der Waals surface area contributed by atoms with Crippen LogP contribution in [0.2, 0.25) is 0 Å². The van der Waals surface area contributed by atoms with E-state index < -0.39 is 0 Å². The first-order valence-corrected chi connectivity index (χ1v) is 5.82. The SMILES string of the molecule is CCCCCCOc1ccccc1C(=N)N.Cl. The van der Waals surface area contributed by atoms with Crippen LogP contribution in [0.25, 0.3) is 0 Å². The Labute approximate surface area is 109 Å². The maximum absolute atomic E-state index is 7.42. The lowest BCUT2D eigenvalue weighted by molar-refractivity contribution is 0.304. The topological polar surface area (TPSA) is 59.1 Å². The highest BCUT2D eigenvalue weighted by Crippen LogP contribution is 2.17. The lowest BCUT2D eigenvalue weighted by atomic mass is 10.2. The smallest absolute Gasteiger partial charge is 0.130 e. The molecule has 96 valence electrons. The van der Waals surface area contributed by atoms with Crippen LogP contribution in [0.1, 0.15) is 38.2 Å². The van der Waals surface area contributed by atoms with Crippen molar-refractivity contribution in [2.24, 2.45) is 5.73 Å². The Morgan fingerprint density at radius 1 is 1.24 bits per heavy atom. The van der Waals surface area contributed by atoms with Crippen molar-refractivity contribution in [2.75, 3.05) is 6.61 Å². The Kier molecular flexibility index (Phi) is 8.24. The molecule has 1 aromatic rings. The molecule has 1 rings (SSSR count). The summed E-state index contributed by atoms with van der Waals surface area (Å²) in [6.45, 7) is 2.89. The number of halogens is 1. The second kappa shape index (κ2) is 8.88. The molecule has 3 nitrogen and oxygen atoms in total. The van der Waals surface area contributed by atoms with Gasteiger partial charge in [-0.1, -0.05) is 38.3 Å². The molecule has 0 bridgehead atoms. The Hall–Kier alpha value is -1.22. The van der Waals surface area contributed by atoms with Gasteiger partial charge in [0.25, 0.3) is 0 Å². The Morgan fingerprint density at radius 2 is 1.94 bits per heavy atom. The third-order valence-electron chi connectivity index (χ3n) is 2.43. The molecule has 4 heteroatoms. The number of nitrogens with two attached hydrogens (primary N) is 1. The number of para-hydroxylation sites is 1. The van der Waals surface area contributed by atoms with E-state index in [-0.39, 0.29) is 18.2 Å². The van der Waals surface area contributed by atoms with Crippen LogP contribution in [-0.2, 0) is 0 Å². The molecule has 0 saturated carbocycles. The molecule has 0 spiro atoms. The van der Waals surface area contributed by atoms with Gasteiger partial charge in [-0.25, -0.2) is 0 Å². The molecule has 0 aliphatic heterocycles. The predicted molar refractivity (Wildman–Crippen MR) is 74.3 cm³/mol. The molecule has 0 aromatic heterocycles. The molecule has 17 heavy (non-hydrogen) atoms. The number of unbranched alkanes of at least 4 members (excludes halogenated alkanes) is 3. The molecule has 0 heterocycles. The van der Waals surface area contributed by atoms with E-state index in [0.717, 1.165) is 6.42 Å². The molecule has 0 aliphatic carbocycles. The third kappa shape index (κ3) is 5.59. The van der Waals surface area contributed by atoms with Gasteiger partial charge in [0.05, 0.1) is 12.2 Å². The number of amidine groups is 1. The average Bonchev–Trinajstić information content (AvgIpc) is 2.29. The minimum absolute atomic E-state index is 0. The molecule has 0 amide bonds. The highest BCUT2D eigenvalue weighted by molar-refractivity contribution is 5.97. The van der Waals surface area contributed by atoms with Crippen LogP contribution in [0.15, 0.2) is 24.3 Å². The van der Waals surface area contributed by atoms with Crippen molar-refractivity contribution in [3.05, 3.63) is 29.8 Å². The van der Waals surface area contributed by atoms with Crippen LogP contribution in [0.5, 0.6) is 5.75 Å². The van der Waals surface area contributed by atoms with Gasteiger partial charge in [0.1, 0.15) is 11.6 Å². The van der Waals surface area contributed by atoms with Gasteiger partial charge in [-0.2, -0.15) is 0 Å². The molecule has 0 atom stereocenters. The lowest BCUT2D eigenvalue weighted by Gasteiger charge is -2.09. The van der Waals surface area contributed by atoms with Crippen LogP contribution in [0, 0.1) is 5.41 Å². The fourth-order valence-corrected chi connectivity index (χ4v) is 1.53. The van der Waals surface area contributed by atoms with Gasteiger partial charge in [0, 0.05) is 0 Å². The van der Waals surface area contributed by atoms with Crippen molar-refractivity contribution < 1.29 is 4.74 Å². The zero-order valence-electron chi connectivity index (χ0n) is 10.2. The summed E-state index contributed by atoms with van der Waals surface area (Å²) < 4.78 is 5.62. The highest BCUT2D eigenvalue weighted by atomic mass is 35.5. The normalized spacial score (nSPS) is 9.47. The Bertz CT molecular complexity index is 342. The van der Waals surface area contributed by atoms with Gasteiger partial charge >= 0.3 is 0 Å². The molecule has 3 N–H and O–H groups in total. The number of hydrogen-bond donors (Lipinski definition) is 2. The zero-order chi connectivity index (χ0) is 11.8. The highest BCUT2D eigenvalue weighted by Gasteiger charge is 2.04. The second-order valence-corrected chi connectivity index (χ2v) is 3.82. The van der Waals surface area contributed by atoms with E-state index in [4.69, 9.17) is 15.9 Å². The second-order valence-electron chi connectivity index (χ2n) is 3.82. The Balaban J connectivity index is 0.00000256. The summed E-state index contributed by atoms with van der Waals surface area (Å²) in [4.78, 5) is 0. The van der Waals surface area contributed by atoms with Gasteiger partial charge in [0.2, 0.25) is 0 Å². The molecule has 0 saturated heterocycles. The van der Waals surface area contributed by atoms with Crippen molar-refractivity contribution in [2.45, 2.75) is 32.6 Å². The average molecular weight is 257 g/mol. The molecule has 0 aliphatic rings. The summed E-state index contributed by atoms with van der Waals surface area (Å²) in [5.41, 5.74) is 6.15. The van der Waals surface area contributed by atoms with E-state index >= 15 is 0 Å². The number of hydrogen-bond acceptors (Lipinski definition) is 2. The standard InChI is InChI=1S/C13H20N2O.ClH/c1-2-3-4-7-10-16-12-9-6-5-8-11(12)13(14)15;/h5-6,8-9H,2-4,7,10H2,1H3,(H3,14,15);1H. The molecular weight excluding hydrogens is 236 g/mol. The van der Waals surface area contributed by atoms with Gasteiger partial charge in [-0.3, -0.25) is 5.41 Å². The summed E-state index contributed by atoms with van der Waals surface area (Å²) in [6.07, 6.45) is 4.72. The summed E-state index contributed by atoms with van der Waals surface area (Å²) in [6, 6.07) is 7.43. The predicted octanol–water partition coefficient (Wildman–Crippen LogP) is 3.35.